The van der Waals surface area contributed by atoms with Crippen LogP contribution in [0.3, 0.4) is 0 Å². The van der Waals surface area contributed by atoms with Gasteiger partial charge in [0.15, 0.2) is 0 Å². The number of alkyl halides is 3. The Morgan fingerprint density at radius 2 is 1.62 bits per heavy atom. The Bertz CT molecular complexity index is 1210. The van der Waals surface area contributed by atoms with Crippen molar-refractivity contribution in [1.29, 1.82) is 0 Å². The van der Waals surface area contributed by atoms with Gasteiger partial charge in [-0.25, -0.2) is 0 Å². The highest BCUT2D eigenvalue weighted by Gasteiger charge is 2.62. The zero-order valence-corrected chi connectivity index (χ0v) is 17.6. The molecule has 4 rings (SSSR count). The van der Waals surface area contributed by atoms with Crippen molar-refractivity contribution >= 4 is 34.9 Å². The van der Waals surface area contributed by atoms with E-state index in [4.69, 9.17) is 28.0 Å². The summed E-state index contributed by atoms with van der Waals surface area (Å²) in [6, 6.07) is 16.3. The largest absolute Gasteiger partial charge is 0.545 e. The molecule has 1 unspecified atom stereocenters. The molecule has 1 aliphatic rings. The first-order chi connectivity index (χ1) is 15.1. The second kappa shape index (κ2) is 8.15. The van der Waals surface area contributed by atoms with Crippen molar-refractivity contribution in [2.75, 3.05) is 0 Å². The van der Waals surface area contributed by atoms with Crippen LogP contribution in [0.1, 0.15) is 27.9 Å². The van der Waals surface area contributed by atoms with Crippen LogP contribution < -0.4 is 5.11 Å². The molecule has 1 atom stereocenters. The van der Waals surface area contributed by atoms with Gasteiger partial charge >= 0.3 is 6.18 Å². The van der Waals surface area contributed by atoms with Gasteiger partial charge in [0.25, 0.3) is 5.60 Å². The second-order valence-corrected chi connectivity index (χ2v) is 8.08. The van der Waals surface area contributed by atoms with Gasteiger partial charge in [-0.3, -0.25) is 0 Å². The first-order valence-electron chi connectivity index (χ1n) is 9.30. The number of hydrogen-bond donors (Lipinski definition) is 0. The van der Waals surface area contributed by atoms with E-state index in [1.165, 1.54) is 24.3 Å². The molecule has 4 nitrogen and oxygen atoms in total. The summed E-state index contributed by atoms with van der Waals surface area (Å²) in [6.07, 6.45) is -5.48. The van der Waals surface area contributed by atoms with Gasteiger partial charge in [0.05, 0.1) is 11.7 Å². The number of rotatable bonds is 4. The maximum Gasteiger partial charge on any atom is 0.435 e. The maximum absolute atomic E-state index is 14.2. The van der Waals surface area contributed by atoms with Gasteiger partial charge in [-0.1, -0.05) is 70.8 Å². The number of halogens is 5. The lowest BCUT2D eigenvalue weighted by Gasteiger charge is -2.29. The van der Waals surface area contributed by atoms with Crippen molar-refractivity contribution in [3.63, 3.8) is 0 Å². The topological polar surface area (TPSA) is 61.7 Å². The summed E-state index contributed by atoms with van der Waals surface area (Å²) in [5.41, 5.74) is -2.01. The predicted molar refractivity (Wildman–Crippen MR) is 113 cm³/mol. The highest BCUT2D eigenvalue weighted by atomic mass is 35.5. The minimum absolute atomic E-state index is 0.000465. The lowest BCUT2D eigenvalue weighted by molar-refractivity contribution is -0.275. The average Bonchev–Trinajstić information content (AvgIpc) is 3.20. The van der Waals surface area contributed by atoms with E-state index in [0.717, 1.165) is 12.1 Å². The van der Waals surface area contributed by atoms with Crippen molar-refractivity contribution in [2.45, 2.75) is 18.2 Å². The minimum atomic E-state index is -4.83. The van der Waals surface area contributed by atoms with Crippen LogP contribution in [0.4, 0.5) is 13.2 Å². The second-order valence-electron chi connectivity index (χ2n) is 7.20. The first-order valence-corrected chi connectivity index (χ1v) is 10.1. The molecule has 9 heteroatoms. The molecule has 1 aliphatic heterocycles. The molecule has 3 aromatic carbocycles. The monoisotopic (exact) mass is 478 g/mol. The smallest absolute Gasteiger partial charge is 0.435 e. The number of carboxylic acids is 1. The van der Waals surface area contributed by atoms with Crippen LogP contribution in [-0.2, 0) is 10.4 Å². The molecule has 0 radical (unpaired) electrons. The molecule has 0 fully saturated rings. The molecule has 32 heavy (non-hydrogen) atoms. The normalized spacial score (nSPS) is 18.2. The summed E-state index contributed by atoms with van der Waals surface area (Å²) in [5.74, 6) is -1.40. The molecule has 0 spiro atoms. The number of oxime groups is 1. The quantitative estimate of drug-likeness (QED) is 0.489. The van der Waals surface area contributed by atoms with E-state index < -0.39 is 24.2 Å². The van der Waals surface area contributed by atoms with Crippen molar-refractivity contribution in [2.24, 2.45) is 5.16 Å². The molecule has 164 valence electrons. The summed E-state index contributed by atoms with van der Waals surface area (Å²) in [7, 11) is 0. The van der Waals surface area contributed by atoms with E-state index in [2.05, 4.69) is 5.16 Å². The molecular weight excluding hydrogens is 466 g/mol. The fourth-order valence-electron chi connectivity index (χ4n) is 3.60. The van der Waals surface area contributed by atoms with Gasteiger partial charge in [-0.15, -0.1) is 0 Å². The van der Waals surface area contributed by atoms with E-state index in [1.807, 2.05) is 0 Å². The highest BCUT2D eigenvalue weighted by Crippen LogP contribution is 2.49. The molecule has 0 saturated heterocycles. The molecule has 0 saturated carbocycles. The molecule has 0 N–H and O–H groups in total. The molecular formula is C23H13Cl2F3NO3-. The van der Waals surface area contributed by atoms with Crippen molar-refractivity contribution < 1.29 is 27.9 Å². The zero-order valence-electron chi connectivity index (χ0n) is 16.1. The number of hydrogen-bond acceptors (Lipinski definition) is 4. The minimum Gasteiger partial charge on any atom is -0.545 e. The summed E-state index contributed by atoms with van der Waals surface area (Å²) >= 11 is 11.8. The fourth-order valence-corrected chi connectivity index (χ4v) is 4.13. The van der Waals surface area contributed by atoms with Crippen LogP contribution >= 0.6 is 23.2 Å². The standard InChI is InChI=1S/C23H14Cl2F3NO3/c24-16-9-15(10-17(25)11-16)22(23(26,27)28)12-20(29-32-22)14-6-7-18(21(30)31)19(8-14)13-4-2-1-3-5-13/h1-11H,12H2,(H,30,31)/p-1. The van der Waals surface area contributed by atoms with Crippen LogP contribution in [0.15, 0.2) is 71.9 Å². The Morgan fingerprint density at radius 1 is 0.969 bits per heavy atom. The Morgan fingerprint density at radius 3 is 2.22 bits per heavy atom. The number of carbonyl (C=O) groups excluding carboxylic acids is 1. The Labute approximate surface area is 190 Å². The van der Waals surface area contributed by atoms with Crippen molar-refractivity contribution in [1.82, 2.24) is 0 Å². The summed E-state index contributed by atoms with van der Waals surface area (Å²) in [4.78, 5) is 16.6. The van der Waals surface area contributed by atoms with Gasteiger partial charge in [0, 0.05) is 33.2 Å². The predicted octanol–water partition coefficient (Wildman–Crippen LogP) is 5.61. The summed E-state index contributed by atoms with van der Waals surface area (Å²) < 4.78 is 42.6. The van der Waals surface area contributed by atoms with E-state index in [0.29, 0.717) is 11.1 Å². The highest BCUT2D eigenvalue weighted by molar-refractivity contribution is 6.34. The van der Waals surface area contributed by atoms with Crippen LogP contribution in [-0.4, -0.2) is 17.9 Å². The van der Waals surface area contributed by atoms with Gasteiger partial charge in [-0.2, -0.15) is 13.2 Å². The maximum atomic E-state index is 14.2. The SMILES string of the molecule is O=C([O-])c1ccc(C2=NOC(c3cc(Cl)cc(Cl)c3)(C(F)(F)F)C2)cc1-c1ccccc1. The van der Waals surface area contributed by atoms with E-state index in [-0.39, 0.29) is 32.4 Å². The molecule has 0 amide bonds. The van der Waals surface area contributed by atoms with Gasteiger partial charge in [0.2, 0.25) is 0 Å². The zero-order chi connectivity index (χ0) is 23.1. The molecule has 0 aliphatic carbocycles. The van der Waals surface area contributed by atoms with Crippen molar-refractivity contribution in [3.05, 3.63) is 93.5 Å². The number of carboxylic acid groups (broad SMARTS) is 1. The number of carbonyl (C=O) groups is 1. The molecule has 0 aromatic heterocycles. The van der Waals surface area contributed by atoms with Crippen LogP contribution in [0, 0.1) is 0 Å². The van der Waals surface area contributed by atoms with E-state index >= 15 is 0 Å². The van der Waals surface area contributed by atoms with Crippen LogP contribution in [0.5, 0.6) is 0 Å². The van der Waals surface area contributed by atoms with Crippen molar-refractivity contribution in [3.8, 4) is 11.1 Å². The Balaban J connectivity index is 1.78. The van der Waals surface area contributed by atoms with Crippen LogP contribution in [0.25, 0.3) is 11.1 Å². The number of aromatic carboxylic acids is 1. The van der Waals surface area contributed by atoms with Gasteiger partial charge < -0.3 is 14.7 Å². The van der Waals surface area contributed by atoms with Gasteiger partial charge in [0.1, 0.15) is 0 Å². The van der Waals surface area contributed by atoms with E-state index in [1.54, 1.807) is 30.3 Å². The molecule has 1 heterocycles. The third-order valence-electron chi connectivity index (χ3n) is 5.17. The average molecular weight is 479 g/mol. The molecule has 3 aromatic rings. The fraction of sp³-hybridized carbons (Fsp3) is 0.130. The first kappa shape index (κ1) is 22.2. The lowest BCUT2D eigenvalue weighted by atomic mass is 9.85. The number of benzene rings is 3. The summed E-state index contributed by atoms with van der Waals surface area (Å²) in [5, 5.41) is 15.3. The Kier molecular flexibility index (Phi) is 5.65. The summed E-state index contributed by atoms with van der Waals surface area (Å²) in [6.45, 7) is 0. The molecule has 0 bridgehead atoms. The third-order valence-corrected chi connectivity index (χ3v) is 5.61. The lowest BCUT2D eigenvalue weighted by Crippen LogP contribution is -2.42. The third kappa shape index (κ3) is 3.94. The van der Waals surface area contributed by atoms with Crippen LogP contribution in [0.2, 0.25) is 10.0 Å². The number of nitrogens with zero attached hydrogens (tertiary/aromatic N) is 1. The van der Waals surface area contributed by atoms with E-state index in [9.17, 15) is 23.1 Å². The Hall–Kier alpha value is -3.03. The van der Waals surface area contributed by atoms with Gasteiger partial charge in [-0.05, 0) is 35.4 Å².